The van der Waals surface area contributed by atoms with Gasteiger partial charge >= 0.3 is 11.9 Å². The molecule has 3 atom stereocenters. The number of carbonyl (C=O) groups is 2. The molecule has 3 fully saturated rings. The highest BCUT2D eigenvalue weighted by Gasteiger charge is 2.44. The number of carboxylic acids is 1. The Morgan fingerprint density at radius 2 is 1.73 bits per heavy atom. The van der Waals surface area contributed by atoms with E-state index in [1.165, 1.54) is 12.1 Å². The third kappa shape index (κ3) is 4.46. The van der Waals surface area contributed by atoms with Crippen LogP contribution in [0.2, 0.25) is 10.0 Å². The second-order valence-corrected chi connectivity index (χ2v) is 10.8. The van der Waals surface area contributed by atoms with Crippen LogP contribution in [-0.2, 0) is 4.74 Å². The van der Waals surface area contributed by atoms with Gasteiger partial charge in [0.1, 0.15) is 23.2 Å². The van der Waals surface area contributed by atoms with Crippen LogP contribution in [0, 0.1) is 5.82 Å². The monoisotopic (exact) mass is 544 g/mol. The molecule has 2 aliphatic heterocycles. The number of fused-ring (bicyclic) bond motifs is 2. The van der Waals surface area contributed by atoms with E-state index < -0.39 is 17.8 Å². The summed E-state index contributed by atoms with van der Waals surface area (Å²) in [4.78, 5) is 27.1. The maximum absolute atomic E-state index is 14.2. The molecule has 37 heavy (non-hydrogen) atoms. The fourth-order valence-electron chi connectivity index (χ4n) is 5.72. The molecule has 3 aromatic rings. The number of aromatic carboxylic acids is 1. The minimum absolute atomic E-state index is 0.00264. The van der Waals surface area contributed by atoms with Gasteiger partial charge in [0.25, 0.3) is 0 Å². The van der Waals surface area contributed by atoms with Crippen molar-refractivity contribution in [3.63, 3.8) is 0 Å². The second-order valence-electron chi connectivity index (χ2n) is 9.94. The third-order valence-electron chi connectivity index (χ3n) is 7.46. The van der Waals surface area contributed by atoms with Gasteiger partial charge in [0.2, 0.25) is 0 Å². The summed E-state index contributed by atoms with van der Waals surface area (Å²) in [5, 5.41) is 14.2. The molecule has 2 aromatic carbocycles. The first-order valence-corrected chi connectivity index (χ1v) is 13.0. The van der Waals surface area contributed by atoms with Gasteiger partial charge in [-0.25, -0.2) is 14.0 Å². The summed E-state index contributed by atoms with van der Waals surface area (Å²) in [5.74, 6) is -1.68. The molecule has 10 heteroatoms. The number of halogens is 3. The summed E-state index contributed by atoms with van der Waals surface area (Å²) < 4.78 is 25.8. The number of hydrogen-bond donors (Lipinski definition) is 1. The zero-order valence-electron chi connectivity index (χ0n) is 19.6. The summed E-state index contributed by atoms with van der Waals surface area (Å²) in [5.41, 5.74) is 1.44. The van der Waals surface area contributed by atoms with E-state index in [1.807, 2.05) is 0 Å². The molecule has 1 saturated carbocycles. The molecule has 0 radical (unpaired) electrons. The maximum Gasteiger partial charge on any atom is 0.344 e. The second kappa shape index (κ2) is 9.33. The normalized spacial score (nSPS) is 22.8. The fraction of sp³-hybridized carbons (Fsp3) is 0.370. The Morgan fingerprint density at radius 1 is 1.05 bits per heavy atom. The van der Waals surface area contributed by atoms with Crippen molar-refractivity contribution in [3.05, 3.63) is 69.1 Å². The molecule has 3 heterocycles. The fourth-order valence-corrected chi connectivity index (χ4v) is 6.30. The number of carboxylic acid groups (broad SMARTS) is 1. The number of carbonyl (C=O) groups excluding carboxylic acids is 1. The van der Waals surface area contributed by atoms with E-state index in [0.29, 0.717) is 39.9 Å². The highest BCUT2D eigenvalue weighted by molar-refractivity contribution is 6.39. The topological polar surface area (TPSA) is 92.9 Å². The Kier molecular flexibility index (Phi) is 6.12. The molecule has 6 rings (SSSR count). The predicted molar refractivity (Wildman–Crippen MR) is 135 cm³/mol. The average molecular weight is 545 g/mol. The average Bonchev–Trinajstić information content (AvgIpc) is 3.54. The number of nitrogens with zero attached hydrogens (tertiary/aromatic N) is 2. The molecule has 1 aliphatic carbocycles. The summed E-state index contributed by atoms with van der Waals surface area (Å²) in [6, 6.07) is 8.96. The van der Waals surface area contributed by atoms with E-state index >= 15 is 0 Å². The van der Waals surface area contributed by atoms with Crippen LogP contribution in [0.3, 0.4) is 0 Å². The number of hydrogen-bond acceptors (Lipinski definition) is 6. The van der Waals surface area contributed by atoms with Gasteiger partial charge in [0.05, 0.1) is 15.6 Å². The Bertz CT molecular complexity index is 1370. The highest BCUT2D eigenvalue weighted by Crippen LogP contribution is 2.47. The van der Waals surface area contributed by atoms with Crippen LogP contribution < -0.4 is 4.90 Å². The van der Waals surface area contributed by atoms with E-state index in [4.69, 9.17) is 32.5 Å². The SMILES string of the molecule is O=C(O)c1cc(F)cc(N2[C@@H]3CC[C@H]2C[C@H](OC(=O)c2c(-c4c(Cl)cccc4Cl)noc2C2CC2)C3)c1. The van der Waals surface area contributed by atoms with E-state index in [2.05, 4.69) is 10.1 Å². The van der Waals surface area contributed by atoms with Crippen molar-refractivity contribution in [2.24, 2.45) is 0 Å². The molecule has 2 bridgehead atoms. The Balaban J connectivity index is 1.25. The first kappa shape index (κ1) is 24.2. The van der Waals surface area contributed by atoms with Crippen molar-refractivity contribution in [3.8, 4) is 11.3 Å². The molecular weight excluding hydrogens is 522 g/mol. The molecule has 1 aromatic heterocycles. The van der Waals surface area contributed by atoms with Gasteiger partial charge in [-0.15, -0.1) is 0 Å². The van der Waals surface area contributed by atoms with Crippen molar-refractivity contribution in [1.82, 2.24) is 5.16 Å². The van der Waals surface area contributed by atoms with Crippen LogP contribution in [0.15, 0.2) is 40.9 Å². The number of aromatic nitrogens is 1. The van der Waals surface area contributed by atoms with Gasteiger partial charge in [-0.3, -0.25) is 0 Å². The quantitative estimate of drug-likeness (QED) is 0.344. The summed E-state index contributed by atoms with van der Waals surface area (Å²) in [7, 11) is 0. The minimum Gasteiger partial charge on any atom is -0.478 e. The number of piperidine rings is 1. The summed E-state index contributed by atoms with van der Waals surface area (Å²) in [6.45, 7) is 0. The standard InChI is InChI=1S/C27H23Cl2FN2O5/c28-20-2-1-3-21(29)22(20)24-23(25(37-31-24)13-4-5-13)27(35)36-19-11-16-6-7-17(12-19)32(16)18-9-14(26(33)34)8-15(30)10-18/h1-3,8-10,13,16-17,19H,4-7,11-12H2,(H,33,34)/t16-,17+,19-. The molecule has 0 amide bonds. The molecular formula is C27H23Cl2FN2O5. The molecule has 2 saturated heterocycles. The molecule has 0 spiro atoms. The number of rotatable bonds is 6. The van der Waals surface area contributed by atoms with Gasteiger partial charge in [-0.2, -0.15) is 0 Å². The van der Waals surface area contributed by atoms with E-state index in [1.54, 1.807) is 18.2 Å². The molecule has 1 N–H and O–H groups in total. The number of benzene rings is 2. The van der Waals surface area contributed by atoms with Gasteiger partial charge in [0.15, 0.2) is 5.76 Å². The zero-order valence-corrected chi connectivity index (χ0v) is 21.1. The van der Waals surface area contributed by atoms with E-state index in [-0.39, 0.29) is 40.9 Å². The van der Waals surface area contributed by atoms with Gasteiger partial charge in [-0.05, 0) is 56.0 Å². The molecule has 192 valence electrons. The zero-order chi connectivity index (χ0) is 25.8. The maximum atomic E-state index is 14.2. The van der Waals surface area contributed by atoms with E-state index in [9.17, 15) is 19.1 Å². The predicted octanol–water partition coefficient (Wildman–Crippen LogP) is 6.72. The molecule has 3 aliphatic rings. The van der Waals surface area contributed by atoms with Gasteiger partial charge in [0, 0.05) is 42.1 Å². The van der Waals surface area contributed by atoms with Crippen LogP contribution >= 0.6 is 23.2 Å². The van der Waals surface area contributed by atoms with Crippen LogP contribution in [0.1, 0.15) is 70.9 Å². The van der Waals surface area contributed by atoms with E-state index in [0.717, 1.165) is 31.7 Å². The number of esters is 1. The lowest BCUT2D eigenvalue weighted by Crippen LogP contribution is -2.46. The third-order valence-corrected chi connectivity index (χ3v) is 8.09. The highest BCUT2D eigenvalue weighted by atomic mass is 35.5. The summed E-state index contributed by atoms with van der Waals surface area (Å²) in [6.07, 6.45) is 4.24. The van der Waals surface area contributed by atoms with Crippen LogP contribution in [0.4, 0.5) is 10.1 Å². The smallest absolute Gasteiger partial charge is 0.344 e. The van der Waals surface area contributed by atoms with Gasteiger partial charge < -0.3 is 19.3 Å². The van der Waals surface area contributed by atoms with Crippen molar-refractivity contribution >= 4 is 40.8 Å². The lowest BCUT2D eigenvalue weighted by atomic mass is 9.98. The van der Waals surface area contributed by atoms with Crippen molar-refractivity contribution in [2.75, 3.05) is 4.90 Å². The first-order valence-electron chi connectivity index (χ1n) is 12.3. The number of anilines is 1. The Hall–Kier alpha value is -3.10. The molecule has 7 nitrogen and oxygen atoms in total. The lowest BCUT2D eigenvalue weighted by Gasteiger charge is -2.40. The van der Waals surface area contributed by atoms with Gasteiger partial charge in [-0.1, -0.05) is 34.4 Å². The minimum atomic E-state index is -1.17. The van der Waals surface area contributed by atoms with Crippen molar-refractivity contribution in [2.45, 2.75) is 62.6 Å². The Morgan fingerprint density at radius 3 is 2.35 bits per heavy atom. The first-order chi connectivity index (χ1) is 17.8. The van der Waals surface area contributed by atoms with Crippen LogP contribution in [0.5, 0.6) is 0 Å². The van der Waals surface area contributed by atoms with Crippen molar-refractivity contribution in [1.29, 1.82) is 0 Å². The number of ether oxygens (including phenoxy) is 1. The Labute approximate surface area is 222 Å². The lowest BCUT2D eigenvalue weighted by molar-refractivity contribution is 0.0202. The molecule has 0 unspecified atom stereocenters. The largest absolute Gasteiger partial charge is 0.478 e. The van der Waals surface area contributed by atoms with Crippen molar-refractivity contribution < 1.29 is 28.3 Å². The van der Waals surface area contributed by atoms with Crippen LogP contribution in [-0.4, -0.2) is 40.4 Å². The van der Waals surface area contributed by atoms with Crippen LogP contribution in [0.25, 0.3) is 11.3 Å². The summed E-state index contributed by atoms with van der Waals surface area (Å²) >= 11 is 12.8.